The fraction of sp³-hybridized carbons (Fsp3) is 0.238. The van der Waals surface area contributed by atoms with Crippen LogP contribution < -0.4 is 4.74 Å². The number of methoxy groups -OCH3 is 1. The second-order valence-corrected chi connectivity index (χ2v) is 6.37. The third-order valence-electron chi connectivity index (χ3n) is 4.66. The Kier molecular flexibility index (Phi) is 4.73. The van der Waals surface area contributed by atoms with Gasteiger partial charge in [-0.1, -0.05) is 12.1 Å². The van der Waals surface area contributed by atoms with Gasteiger partial charge in [-0.05, 0) is 48.0 Å². The molecular formula is C21H21FN2O2. The van der Waals surface area contributed by atoms with Crippen LogP contribution in [0.2, 0.25) is 0 Å². The van der Waals surface area contributed by atoms with E-state index in [2.05, 4.69) is 23.1 Å². The summed E-state index contributed by atoms with van der Waals surface area (Å²) in [5.41, 5.74) is 3.25. The average molecular weight is 352 g/mol. The first-order valence-electron chi connectivity index (χ1n) is 8.65. The van der Waals surface area contributed by atoms with Crippen LogP contribution in [0.25, 0.3) is 5.69 Å². The second kappa shape index (κ2) is 7.32. The molecular weight excluding hydrogens is 331 g/mol. The number of nitrogens with zero attached hydrogens (tertiary/aromatic N) is 2. The third kappa shape index (κ3) is 3.49. The molecule has 134 valence electrons. The lowest BCUT2D eigenvalue weighted by atomic mass is 10.2. The van der Waals surface area contributed by atoms with E-state index in [9.17, 15) is 4.39 Å². The molecule has 0 N–H and O–H groups in total. The SMILES string of the molecule is COc1ccc(CN2CCO[C@@H]2c2ccn(-c3ccc(F)cc3)c2)cc1. The molecule has 4 nitrogen and oxygen atoms in total. The highest BCUT2D eigenvalue weighted by Gasteiger charge is 2.27. The number of aromatic nitrogens is 1. The van der Waals surface area contributed by atoms with E-state index < -0.39 is 0 Å². The number of ether oxygens (including phenoxy) is 2. The summed E-state index contributed by atoms with van der Waals surface area (Å²) < 4.78 is 26.3. The maximum atomic E-state index is 13.1. The summed E-state index contributed by atoms with van der Waals surface area (Å²) in [6.07, 6.45) is 3.96. The predicted molar refractivity (Wildman–Crippen MR) is 97.8 cm³/mol. The number of hydrogen-bond donors (Lipinski definition) is 0. The molecule has 1 aliphatic heterocycles. The van der Waals surface area contributed by atoms with Crippen molar-refractivity contribution in [2.24, 2.45) is 0 Å². The van der Waals surface area contributed by atoms with Crippen LogP contribution in [0.1, 0.15) is 17.4 Å². The summed E-state index contributed by atoms with van der Waals surface area (Å²) in [5, 5.41) is 0. The van der Waals surface area contributed by atoms with Crippen LogP contribution in [-0.4, -0.2) is 29.7 Å². The van der Waals surface area contributed by atoms with E-state index in [-0.39, 0.29) is 12.0 Å². The summed E-state index contributed by atoms with van der Waals surface area (Å²) >= 11 is 0. The lowest BCUT2D eigenvalue weighted by Crippen LogP contribution is -2.23. The molecule has 0 amide bonds. The highest BCUT2D eigenvalue weighted by atomic mass is 19.1. The number of rotatable bonds is 5. The summed E-state index contributed by atoms with van der Waals surface area (Å²) in [4.78, 5) is 2.31. The average Bonchev–Trinajstić information content (AvgIpc) is 3.32. The zero-order valence-corrected chi connectivity index (χ0v) is 14.6. The first-order valence-corrected chi connectivity index (χ1v) is 8.65. The molecule has 0 radical (unpaired) electrons. The molecule has 4 rings (SSSR count). The van der Waals surface area contributed by atoms with E-state index >= 15 is 0 Å². The Hall–Kier alpha value is -2.63. The number of benzene rings is 2. The molecule has 0 bridgehead atoms. The molecule has 5 heteroatoms. The van der Waals surface area contributed by atoms with Crippen LogP contribution >= 0.6 is 0 Å². The van der Waals surface area contributed by atoms with Crippen molar-refractivity contribution in [2.45, 2.75) is 12.8 Å². The van der Waals surface area contributed by atoms with Gasteiger partial charge in [-0.15, -0.1) is 0 Å². The zero-order valence-electron chi connectivity index (χ0n) is 14.6. The van der Waals surface area contributed by atoms with Crippen LogP contribution in [-0.2, 0) is 11.3 Å². The molecule has 0 unspecified atom stereocenters. The summed E-state index contributed by atoms with van der Waals surface area (Å²) in [5.74, 6) is 0.630. The van der Waals surface area contributed by atoms with E-state index in [1.165, 1.54) is 17.7 Å². The van der Waals surface area contributed by atoms with Crippen molar-refractivity contribution in [2.75, 3.05) is 20.3 Å². The quantitative estimate of drug-likeness (QED) is 0.690. The van der Waals surface area contributed by atoms with Crippen LogP contribution in [0.3, 0.4) is 0 Å². The van der Waals surface area contributed by atoms with E-state index in [0.29, 0.717) is 6.61 Å². The fourth-order valence-corrected chi connectivity index (χ4v) is 3.27. The van der Waals surface area contributed by atoms with Crippen molar-refractivity contribution in [3.63, 3.8) is 0 Å². The van der Waals surface area contributed by atoms with Crippen molar-refractivity contribution >= 4 is 0 Å². The minimum absolute atomic E-state index is 0.0706. The Morgan fingerprint density at radius 3 is 2.58 bits per heavy atom. The van der Waals surface area contributed by atoms with Crippen LogP contribution in [0, 0.1) is 5.82 Å². The van der Waals surface area contributed by atoms with Crippen molar-refractivity contribution < 1.29 is 13.9 Å². The van der Waals surface area contributed by atoms with Crippen LogP contribution in [0.15, 0.2) is 67.0 Å². The zero-order chi connectivity index (χ0) is 17.9. The van der Waals surface area contributed by atoms with E-state index in [0.717, 1.165) is 30.1 Å². The van der Waals surface area contributed by atoms with Gasteiger partial charge in [0.15, 0.2) is 0 Å². The fourth-order valence-electron chi connectivity index (χ4n) is 3.27. The van der Waals surface area contributed by atoms with Gasteiger partial charge in [0.1, 0.15) is 17.8 Å². The van der Waals surface area contributed by atoms with Crippen molar-refractivity contribution in [1.82, 2.24) is 9.47 Å². The smallest absolute Gasteiger partial charge is 0.138 e. The molecule has 0 aliphatic carbocycles. The molecule has 1 fully saturated rings. The monoisotopic (exact) mass is 352 g/mol. The highest BCUT2D eigenvalue weighted by molar-refractivity contribution is 5.34. The van der Waals surface area contributed by atoms with Gasteiger partial charge in [0, 0.05) is 36.7 Å². The maximum absolute atomic E-state index is 13.1. The van der Waals surface area contributed by atoms with Crippen molar-refractivity contribution in [3.8, 4) is 11.4 Å². The van der Waals surface area contributed by atoms with Gasteiger partial charge in [-0.3, -0.25) is 4.90 Å². The highest BCUT2D eigenvalue weighted by Crippen LogP contribution is 2.29. The van der Waals surface area contributed by atoms with Crippen molar-refractivity contribution in [3.05, 3.63) is 83.9 Å². The first kappa shape index (κ1) is 16.8. The van der Waals surface area contributed by atoms with E-state index in [1.807, 2.05) is 29.1 Å². The first-order chi connectivity index (χ1) is 12.7. The molecule has 2 aromatic carbocycles. The minimum Gasteiger partial charge on any atom is -0.497 e. The molecule has 26 heavy (non-hydrogen) atoms. The van der Waals surface area contributed by atoms with Crippen LogP contribution in [0.4, 0.5) is 4.39 Å². The van der Waals surface area contributed by atoms with Gasteiger partial charge in [0.25, 0.3) is 0 Å². The van der Waals surface area contributed by atoms with E-state index in [1.54, 1.807) is 19.2 Å². The van der Waals surface area contributed by atoms with Crippen LogP contribution in [0.5, 0.6) is 5.75 Å². The Labute approximate surface area is 152 Å². The third-order valence-corrected chi connectivity index (χ3v) is 4.66. The molecule has 3 aromatic rings. The maximum Gasteiger partial charge on any atom is 0.138 e. The normalized spacial score (nSPS) is 17.5. The topological polar surface area (TPSA) is 26.6 Å². The number of halogens is 1. The van der Waals surface area contributed by atoms with Gasteiger partial charge in [0.05, 0.1) is 13.7 Å². The molecule has 0 saturated carbocycles. The summed E-state index contributed by atoms with van der Waals surface area (Å²) in [6, 6.07) is 16.6. The molecule has 1 saturated heterocycles. The van der Waals surface area contributed by atoms with Gasteiger partial charge in [0.2, 0.25) is 0 Å². The lowest BCUT2D eigenvalue weighted by molar-refractivity contribution is 0.0288. The molecule has 1 atom stereocenters. The Bertz CT molecular complexity index is 858. The molecule has 2 heterocycles. The largest absolute Gasteiger partial charge is 0.497 e. The number of hydrogen-bond acceptors (Lipinski definition) is 3. The van der Waals surface area contributed by atoms with Gasteiger partial charge in [-0.25, -0.2) is 4.39 Å². The Morgan fingerprint density at radius 2 is 1.85 bits per heavy atom. The molecule has 0 spiro atoms. The minimum atomic E-state index is -0.231. The van der Waals surface area contributed by atoms with Gasteiger partial charge < -0.3 is 14.0 Å². The standard InChI is InChI=1S/C21H21FN2O2/c1-25-20-8-2-16(3-9-20)14-24-12-13-26-21(24)17-10-11-23(15-17)19-6-4-18(22)5-7-19/h2-11,15,21H,12-14H2,1H3/t21-/m1/s1. The summed E-state index contributed by atoms with van der Waals surface area (Å²) in [6.45, 7) is 2.41. The van der Waals surface area contributed by atoms with Gasteiger partial charge in [-0.2, -0.15) is 0 Å². The predicted octanol–water partition coefficient (Wildman–Crippen LogP) is 4.16. The van der Waals surface area contributed by atoms with Crippen molar-refractivity contribution in [1.29, 1.82) is 0 Å². The second-order valence-electron chi connectivity index (χ2n) is 6.37. The lowest BCUT2D eigenvalue weighted by Gasteiger charge is -2.22. The van der Waals surface area contributed by atoms with E-state index in [4.69, 9.17) is 9.47 Å². The molecule has 1 aliphatic rings. The Morgan fingerprint density at radius 1 is 1.08 bits per heavy atom. The Balaban J connectivity index is 1.50. The summed E-state index contributed by atoms with van der Waals surface area (Å²) in [7, 11) is 1.67. The van der Waals surface area contributed by atoms with Gasteiger partial charge >= 0.3 is 0 Å². The molecule has 1 aromatic heterocycles.